The Morgan fingerprint density at radius 2 is 2.22 bits per heavy atom. The van der Waals surface area contributed by atoms with Crippen LogP contribution in [0.15, 0.2) is 17.5 Å². The van der Waals surface area contributed by atoms with E-state index in [4.69, 9.17) is 0 Å². The van der Waals surface area contributed by atoms with E-state index in [0.717, 1.165) is 50.2 Å². The maximum atomic E-state index is 12.4. The lowest BCUT2D eigenvalue weighted by atomic mass is 10.1. The molecule has 0 aliphatic carbocycles. The van der Waals surface area contributed by atoms with Crippen LogP contribution in [0.2, 0.25) is 0 Å². The maximum absolute atomic E-state index is 12.4. The minimum Gasteiger partial charge on any atom is -0.388 e. The number of carbonyl (C=O) groups excluding carboxylic acids is 1. The Hall–Kier alpha value is -0.910. The van der Waals surface area contributed by atoms with Crippen molar-refractivity contribution in [3.05, 3.63) is 22.4 Å². The predicted molar refractivity (Wildman–Crippen MR) is 93.5 cm³/mol. The van der Waals surface area contributed by atoms with Crippen molar-refractivity contribution in [2.75, 3.05) is 19.6 Å². The molecular formula is C18H28N2O2S. The van der Waals surface area contributed by atoms with E-state index in [1.165, 1.54) is 6.42 Å². The summed E-state index contributed by atoms with van der Waals surface area (Å²) >= 11 is 1.62. The van der Waals surface area contributed by atoms with Gasteiger partial charge in [-0.25, -0.2) is 0 Å². The molecule has 2 aliphatic heterocycles. The molecule has 2 aliphatic rings. The Morgan fingerprint density at radius 3 is 2.91 bits per heavy atom. The molecule has 0 bridgehead atoms. The molecule has 5 heteroatoms. The van der Waals surface area contributed by atoms with E-state index >= 15 is 0 Å². The van der Waals surface area contributed by atoms with Crippen LogP contribution in [0.25, 0.3) is 0 Å². The second-order valence-electron chi connectivity index (χ2n) is 6.93. The van der Waals surface area contributed by atoms with Crippen LogP contribution in [-0.4, -0.2) is 52.5 Å². The van der Waals surface area contributed by atoms with Gasteiger partial charge in [-0.3, -0.25) is 9.69 Å². The molecule has 1 N–H and O–H groups in total. The fraction of sp³-hybridized carbons (Fsp3) is 0.722. The third kappa shape index (κ3) is 4.14. The number of carbonyl (C=O) groups is 1. The molecule has 0 aromatic carbocycles. The highest BCUT2D eigenvalue weighted by molar-refractivity contribution is 7.10. The standard InChI is InChI=1S/C18H28N2O2S/c1-14-5-2-10-20(14)18(22)8-11-19-9-3-6-15(19)13-16(21)17-7-4-12-23-17/h4,7,12,14-16,21H,2-3,5-6,8-11,13H2,1H3. The highest BCUT2D eigenvalue weighted by Crippen LogP contribution is 2.29. The molecule has 3 atom stereocenters. The van der Waals surface area contributed by atoms with Gasteiger partial charge in [-0.1, -0.05) is 6.07 Å². The number of nitrogens with zero attached hydrogens (tertiary/aromatic N) is 2. The number of rotatable bonds is 6. The summed E-state index contributed by atoms with van der Waals surface area (Å²) in [7, 11) is 0. The third-order valence-electron chi connectivity index (χ3n) is 5.35. The van der Waals surface area contributed by atoms with Gasteiger partial charge in [0, 0.05) is 36.5 Å². The van der Waals surface area contributed by atoms with Crippen molar-refractivity contribution < 1.29 is 9.90 Å². The molecule has 3 unspecified atom stereocenters. The lowest BCUT2D eigenvalue weighted by Crippen LogP contribution is -2.38. The quantitative estimate of drug-likeness (QED) is 0.868. The lowest BCUT2D eigenvalue weighted by Gasteiger charge is -2.27. The summed E-state index contributed by atoms with van der Waals surface area (Å²) < 4.78 is 0. The Bertz CT molecular complexity index is 505. The summed E-state index contributed by atoms with van der Waals surface area (Å²) in [5.41, 5.74) is 0. The molecule has 2 fully saturated rings. The van der Waals surface area contributed by atoms with Gasteiger partial charge in [-0.2, -0.15) is 0 Å². The summed E-state index contributed by atoms with van der Waals surface area (Å²) in [5.74, 6) is 0.305. The zero-order valence-corrected chi connectivity index (χ0v) is 14.8. The highest BCUT2D eigenvalue weighted by Gasteiger charge is 2.29. The zero-order chi connectivity index (χ0) is 16.2. The minimum absolute atomic E-state index is 0.305. The molecule has 3 heterocycles. The van der Waals surface area contributed by atoms with Crippen LogP contribution < -0.4 is 0 Å². The molecule has 0 spiro atoms. The molecular weight excluding hydrogens is 308 g/mol. The van der Waals surface area contributed by atoms with Crippen molar-refractivity contribution in [3.63, 3.8) is 0 Å². The van der Waals surface area contributed by atoms with E-state index < -0.39 is 0 Å². The summed E-state index contributed by atoms with van der Waals surface area (Å²) in [6.45, 7) is 4.98. The molecule has 3 rings (SSSR count). The van der Waals surface area contributed by atoms with Crippen molar-refractivity contribution >= 4 is 17.2 Å². The van der Waals surface area contributed by atoms with Gasteiger partial charge in [0.1, 0.15) is 0 Å². The summed E-state index contributed by atoms with van der Waals surface area (Å²) in [5, 5.41) is 12.4. The fourth-order valence-corrected chi connectivity index (χ4v) is 4.72. The predicted octanol–water partition coefficient (Wildman–Crippen LogP) is 3.04. The van der Waals surface area contributed by atoms with Crippen LogP contribution >= 0.6 is 11.3 Å². The van der Waals surface area contributed by atoms with Crippen molar-refractivity contribution in [2.24, 2.45) is 0 Å². The van der Waals surface area contributed by atoms with Gasteiger partial charge < -0.3 is 10.0 Å². The summed E-state index contributed by atoms with van der Waals surface area (Å²) in [4.78, 5) is 17.9. The molecule has 1 aromatic rings. The normalized spacial score (nSPS) is 26.8. The maximum Gasteiger partial charge on any atom is 0.224 e. The number of aliphatic hydroxyl groups excluding tert-OH is 1. The van der Waals surface area contributed by atoms with E-state index in [2.05, 4.69) is 11.8 Å². The van der Waals surface area contributed by atoms with Gasteiger partial charge in [0.05, 0.1) is 6.10 Å². The van der Waals surface area contributed by atoms with E-state index in [1.54, 1.807) is 11.3 Å². The molecule has 1 amide bonds. The van der Waals surface area contributed by atoms with Crippen molar-refractivity contribution in [1.29, 1.82) is 0 Å². The Kier molecular flexibility index (Phi) is 5.72. The molecule has 128 valence electrons. The Morgan fingerprint density at radius 1 is 1.39 bits per heavy atom. The second kappa shape index (κ2) is 7.77. The van der Waals surface area contributed by atoms with Gasteiger partial charge in [0.25, 0.3) is 0 Å². The van der Waals surface area contributed by atoms with E-state index in [0.29, 0.717) is 24.4 Å². The van der Waals surface area contributed by atoms with Gasteiger partial charge >= 0.3 is 0 Å². The average molecular weight is 337 g/mol. The fourth-order valence-electron chi connectivity index (χ4n) is 4.00. The largest absolute Gasteiger partial charge is 0.388 e. The summed E-state index contributed by atoms with van der Waals surface area (Å²) in [6.07, 6.45) is 5.64. The number of hydrogen-bond donors (Lipinski definition) is 1. The van der Waals surface area contributed by atoms with Gasteiger partial charge in [0.2, 0.25) is 5.91 Å². The molecule has 4 nitrogen and oxygen atoms in total. The van der Waals surface area contributed by atoms with Crippen molar-refractivity contribution in [2.45, 2.75) is 63.6 Å². The number of thiophene rings is 1. The first-order valence-electron chi connectivity index (χ1n) is 8.90. The van der Waals surface area contributed by atoms with Gasteiger partial charge in [0.15, 0.2) is 0 Å². The Balaban J connectivity index is 1.48. The first-order chi connectivity index (χ1) is 11.1. The number of aliphatic hydroxyl groups is 1. The molecule has 23 heavy (non-hydrogen) atoms. The molecule has 0 radical (unpaired) electrons. The Labute approximate surface area is 143 Å². The highest BCUT2D eigenvalue weighted by atomic mass is 32.1. The summed E-state index contributed by atoms with van der Waals surface area (Å²) in [6, 6.07) is 4.83. The zero-order valence-electron chi connectivity index (χ0n) is 14.0. The molecule has 0 saturated carbocycles. The van der Waals surface area contributed by atoms with Crippen LogP contribution in [0, 0.1) is 0 Å². The number of likely N-dealkylation sites (tertiary alicyclic amines) is 2. The first kappa shape index (κ1) is 16.9. The average Bonchev–Trinajstić information content (AvgIpc) is 3.26. The van der Waals surface area contributed by atoms with E-state index in [9.17, 15) is 9.90 Å². The first-order valence-corrected chi connectivity index (χ1v) is 9.78. The monoisotopic (exact) mass is 336 g/mol. The topological polar surface area (TPSA) is 43.8 Å². The number of hydrogen-bond acceptors (Lipinski definition) is 4. The smallest absolute Gasteiger partial charge is 0.224 e. The minimum atomic E-state index is -0.366. The van der Waals surface area contributed by atoms with Crippen molar-refractivity contribution in [1.82, 2.24) is 9.80 Å². The van der Waals surface area contributed by atoms with Crippen molar-refractivity contribution in [3.8, 4) is 0 Å². The van der Waals surface area contributed by atoms with Crippen LogP contribution in [-0.2, 0) is 4.79 Å². The molecule has 1 aromatic heterocycles. The van der Waals surface area contributed by atoms with Crippen LogP contribution in [0.1, 0.15) is 56.4 Å². The van der Waals surface area contributed by atoms with Gasteiger partial charge in [-0.05, 0) is 57.0 Å². The van der Waals surface area contributed by atoms with Crippen LogP contribution in [0.3, 0.4) is 0 Å². The van der Waals surface area contributed by atoms with Gasteiger partial charge in [-0.15, -0.1) is 11.3 Å². The molecule has 2 saturated heterocycles. The SMILES string of the molecule is CC1CCCN1C(=O)CCN1CCCC1CC(O)c1cccs1. The van der Waals surface area contributed by atoms with Crippen LogP contribution in [0.5, 0.6) is 0 Å². The van der Waals surface area contributed by atoms with E-state index in [-0.39, 0.29) is 6.10 Å². The second-order valence-corrected chi connectivity index (χ2v) is 7.91. The van der Waals surface area contributed by atoms with E-state index in [1.807, 2.05) is 22.4 Å². The third-order valence-corrected chi connectivity index (χ3v) is 6.33. The number of amides is 1. The van der Waals surface area contributed by atoms with Crippen LogP contribution in [0.4, 0.5) is 0 Å². The lowest BCUT2D eigenvalue weighted by molar-refractivity contribution is -0.132.